The van der Waals surface area contributed by atoms with Crippen molar-refractivity contribution in [3.05, 3.63) is 203 Å². The Kier molecular flexibility index (Phi) is 7.05. The summed E-state index contributed by atoms with van der Waals surface area (Å²) in [6, 6.07) is 50.2. The topological polar surface area (TPSA) is 20.5 Å². The second-order valence-corrected chi connectivity index (χ2v) is 16.7. The number of rotatable bonds is 3. The number of hydrogen-bond acceptors (Lipinski definition) is 2. The third-order valence-corrected chi connectivity index (χ3v) is 13.4. The van der Waals surface area contributed by atoms with E-state index in [1.807, 2.05) is 0 Å². The zero-order chi connectivity index (χ0) is 37.8. The number of hydrogen-bond donors (Lipinski definition) is 0. The first kappa shape index (κ1) is 32.8. The summed E-state index contributed by atoms with van der Waals surface area (Å²) in [6.07, 6.45) is 16.1. The Morgan fingerprint density at radius 1 is 0.684 bits per heavy atom. The van der Waals surface area contributed by atoms with Gasteiger partial charge in [0.25, 0.3) is 0 Å². The fourth-order valence-corrected chi connectivity index (χ4v) is 11.0. The minimum atomic E-state index is -0.455. The van der Waals surface area contributed by atoms with Gasteiger partial charge in [0.05, 0.1) is 33.5 Å². The van der Waals surface area contributed by atoms with E-state index >= 15 is 0 Å². The molecule has 1 spiro atoms. The van der Waals surface area contributed by atoms with Gasteiger partial charge in [0, 0.05) is 39.3 Å². The molecule has 0 radical (unpaired) electrons. The molecule has 6 aromatic carbocycles. The molecular weight excluding hydrogens is 691 g/mol. The summed E-state index contributed by atoms with van der Waals surface area (Å²) in [5.74, 6) is 0.733. The van der Waals surface area contributed by atoms with Crippen LogP contribution in [0.4, 0.5) is 17.1 Å². The maximum atomic E-state index is 5.27. The Bertz CT molecular complexity index is 3020. The van der Waals surface area contributed by atoms with E-state index in [4.69, 9.17) is 4.99 Å². The molecule has 0 saturated heterocycles. The SMILES string of the molecule is CC1C=CC2=C(C1)C1(c3ccccc3-c3c1ccc1c4ccccc4n(C4=CCCC=C4)c31)c1ccccc1N2c1cccc(C2=Nc3ccccc3CC2C)c1. The van der Waals surface area contributed by atoms with Crippen molar-refractivity contribution in [1.29, 1.82) is 0 Å². The van der Waals surface area contributed by atoms with Gasteiger partial charge in [0.15, 0.2) is 0 Å². The number of aromatic nitrogens is 1. The van der Waals surface area contributed by atoms with E-state index in [0.717, 1.165) is 31.4 Å². The van der Waals surface area contributed by atoms with Gasteiger partial charge < -0.3 is 9.47 Å². The van der Waals surface area contributed by atoms with Crippen LogP contribution in [-0.2, 0) is 11.8 Å². The molecule has 3 atom stereocenters. The van der Waals surface area contributed by atoms with Crippen LogP contribution in [0, 0.1) is 11.8 Å². The smallest absolute Gasteiger partial charge is 0.0718 e. The van der Waals surface area contributed by atoms with E-state index in [0.29, 0.717) is 11.8 Å². The van der Waals surface area contributed by atoms with Gasteiger partial charge in [0.2, 0.25) is 0 Å². The van der Waals surface area contributed by atoms with Crippen molar-refractivity contribution in [2.75, 3.05) is 4.90 Å². The third-order valence-electron chi connectivity index (χ3n) is 13.4. The molecule has 3 nitrogen and oxygen atoms in total. The summed E-state index contributed by atoms with van der Waals surface area (Å²) < 4.78 is 2.56. The predicted octanol–water partition coefficient (Wildman–Crippen LogP) is 13.6. The molecule has 0 N–H and O–H groups in total. The second kappa shape index (κ2) is 12.3. The molecule has 274 valence electrons. The fourth-order valence-electron chi connectivity index (χ4n) is 11.0. The van der Waals surface area contributed by atoms with Crippen LogP contribution in [0.15, 0.2) is 180 Å². The van der Waals surface area contributed by atoms with E-state index in [1.165, 1.54) is 94.8 Å². The Hall–Kier alpha value is -6.45. The van der Waals surface area contributed by atoms with Crippen LogP contribution in [-0.4, -0.2) is 10.3 Å². The van der Waals surface area contributed by atoms with Gasteiger partial charge >= 0.3 is 0 Å². The lowest BCUT2D eigenvalue weighted by Crippen LogP contribution is -2.40. The summed E-state index contributed by atoms with van der Waals surface area (Å²) in [4.78, 5) is 7.82. The molecule has 3 heteroatoms. The first-order valence-electron chi connectivity index (χ1n) is 20.7. The Balaban J connectivity index is 1.14. The number of benzene rings is 6. The van der Waals surface area contributed by atoms with Gasteiger partial charge in [-0.3, -0.25) is 4.99 Å². The molecule has 5 aliphatic rings. The predicted molar refractivity (Wildman–Crippen MR) is 238 cm³/mol. The molecule has 1 aromatic heterocycles. The average Bonchev–Trinajstić information content (AvgIpc) is 3.75. The quantitative estimate of drug-likeness (QED) is 0.177. The van der Waals surface area contributed by atoms with Crippen LogP contribution in [0.5, 0.6) is 0 Å². The highest BCUT2D eigenvalue weighted by atomic mass is 15.2. The number of nitrogens with zero attached hydrogens (tertiary/aromatic N) is 3. The summed E-state index contributed by atoms with van der Waals surface area (Å²) in [7, 11) is 0. The van der Waals surface area contributed by atoms with Crippen molar-refractivity contribution in [3.8, 4) is 11.1 Å². The Morgan fingerprint density at radius 3 is 2.42 bits per heavy atom. The van der Waals surface area contributed by atoms with Crippen molar-refractivity contribution in [1.82, 2.24) is 4.57 Å². The summed E-state index contributed by atoms with van der Waals surface area (Å²) >= 11 is 0. The molecule has 3 unspecified atom stereocenters. The maximum absolute atomic E-state index is 5.27. The first-order valence-corrected chi connectivity index (χ1v) is 20.7. The molecule has 0 amide bonds. The lowest BCUT2D eigenvalue weighted by Gasteiger charge is -2.47. The van der Waals surface area contributed by atoms with Crippen molar-refractivity contribution < 1.29 is 0 Å². The lowest BCUT2D eigenvalue weighted by atomic mass is 9.61. The summed E-state index contributed by atoms with van der Waals surface area (Å²) in [6.45, 7) is 4.70. The minimum Gasteiger partial charge on any atom is -0.310 e. The minimum absolute atomic E-state index is 0.330. The van der Waals surface area contributed by atoms with E-state index in [2.05, 4.69) is 187 Å². The Morgan fingerprint density at radius 2 is 1.51 bits per heavy atom. The molecule has 3 aliphatic carbocycles. The van der Waals surface area contributed by atoms with Gasteiger partial charge in [-0.2, -0.15) is 0 Å². The van der Waals surface area contributed by atoms with Crippen LogP contribution in [0.1, 0.15) is 60.9 Å². The van der Waals surface area contributed by atoms with Gasteiger partial charge in [0.1, 0.15) is 0 Å². The van der Waals surface area contributed by atoms with Crippen molar-refractivity contribution in [2.24, 2.45) is 16.8 Å². The summed E-state index contributed by atoms with van der Waals surface area (Å²) in [5.41, 5.74) is 20.2. The molecule has 57 heavy (non-hydrogen) atoms. The highest BCUT2D eigenvalue weighted by Crippen LogP contribution is 2.65. The molecule has 12 rings (SSSR count). The largest absolute Gasteiger partial charge is 0.310 e. The van der Waals surface area contributed by atoms with Gasteiger partial charge in [-0.25, -0.2) is 0 Å². The van der Waals surface area contributed by atoms with E-state index < -0.39 is 5.41 Å². The molecule has 2 aliphatic heterocycles. The highest BCUT2D eigenvalue weighted by molar-refractivity contribution is 6.17. The highest BCUT2D eigenvalue weighted by Gasteiger charge is 2.53. The lowest BCUT2D eigenvalue weighted by molar-refractivity contribution is 0.595. The molecule has 0 fully saturated rings. The number of aliphatic imine (C=N–C) groups is 1. The third kappa shape index (κ3) is 4.51. The molecule has 0 saturated carbocycles. The fraction of sp³-hybridized carbons (Fsp3) is 0.167. The average molecular weight is 734 g/mol. The van der Waals surface area contributed by atoms with E-state index in [1.54, 1.807) is 0 Å². The van der Waals surface area contributed by atoms with Crippen molar-refractivity contribution in [3.63, 3.8) is 0 Å². The van der Waals surface area contributed by atoms with Crippen molar-refractivity contribution in [2.45, 2.75) is 44.9 Å². The van der Waals surface area contributed by atoms with E-state index in [-0.39, 0.29) is 0 Å². The van der Waals surface area contributed by atoms with E-state index in [9.17, 15) is 0 Å². The first-order chi connectivity index (χ1) is 28.1. The van der Waals surface area contributed by atoms with Crippen LogP contribution < -0.4 is 4.90 Å². The van der Waals surface area contributed by atoms with Gasteiger partial charge in [-0.1, -0.05) is 135 Å². The zero-order valence-corrected chi connectivity index (χ0v) is 32.4. The van der Waals surface area contributed by atoms with Gasteiger partial charge in [-0.15, -0.1) is 0 Å². The maximum Gasteiger partial charge on any atom is 0.0718 e. The number of para-hydroxylation sites is 3. The standard InChI is InChI=1S/C54H43N3/c1-34-27-30-50-46(31-34)54(44-23-10-13-26-49(44)56(50)39-19-14-16-37(33-39)52-35(2)32-36-15-6-11-24-47(36)55-52)43-22-9-7-21-42(43)51-45(54)29-28-41-40-20-8-12-25-48(40)57(53(41)51)38-17-4-3-5-18-38/h4,6-30,33-35H,3,5,31-32H2,1-2H3. The number of anilines is 2. The number of allylic oxidation sites excluding steroid dienone is 7. The molecular formula is C54H43N3. The van der Waals surface area contributed by atoms with Crippen molar-refractivity contribution >= 4 is 50.3 Å². The summed E-state index contributed by atoms with van der Waals surface area (Å²) in [5, 5.41) is 2.62. The molecule has 3 heterocycles. The second-order valence-electron chi connectivity index (χ2n) is 16.7. The zero-order valence-electron chi connectivity index (χ0n) is 32.4. The molecule has 0 bridgehead atoms. The Labute approximate surface area is 334 Å². The van der Waals surface area contributed by atoms with Gasteiger partial charge in [-0.05, 0) is 113 Å². The van der Waals surface area contributed by atoms with Crippen LogP contribution in [0.3, 0.4) is 0 Å². The van der Waals surface area contributed by atoms with Crippen LogP contribution in [0.25, 0.3) is 38.6 Å². The monoisotopic (exact) mass is 733 g/mol. The van der Waals surface area contributed by atoms with Crippen LogP contribution >= 0.6 is 0 Å². The molecule has 7 aromatic rings. The van der Waals surface area contributed by atoms with Crippen LogP contribution in [0.2, 0.25) is 0 Å². The normalized spacial score (nSPS) is 21.6. The number of fused-ring (bicyclic) bond motifs is 13.